The van der Waals surface area contributed by atoms with Gasteiger partial charge in [0.25, 0.3) is 0 Å². The number of hydrogen-bond donors (Lipinski definition) is 3. The molecule has 0 saturated carbocycles. The summed E-state index contributed by atoms with van der Waals surface area (Å²) in [6.07, 6.45) is 0.164. The third-order valence-corrected chi connectivity index (χ3v) is 6.83. The lowest BCUT2D eigenvalue weighted by atomic mass is 9.97. The first-order valence-corrected chi connectivity index (χ1v) is 11.8. The number of aryl methyl sites for hydroxylation is 1. The van der Waals surface area contributed by atoms with Crippen molar-refractivity contribution in [3.63, 3.8) is 0 Å². The van der Waals surface area contributed by atoms with Crippen LogP contribution in [0.3, 0.4) is 0 Å². The lowest BCUT2D eigenvalue weighted by molar-refractivity contribution is -0.159. The van der Waals surface area contributed by atoms with Crippen LogP contribution in [0, 0.1) is 6.92 Å². The van der Waals surface area contributed by atoms with Crippen molar-refractivity contribution >= 4 is 17.4 Å². The maximum absolute atomic E-state index is 13.2. The predicted molar refractivity (Wildman–Crippen MR) is 122 cm³/mol. The molecule has 0 spiro atoms. The summed E-state index contributed by atoms with van der Waals surface area (Å²) in [4.78, 5) is 21.7. The Morgan fingerprint density at radius 2 is 2.06 bits per heavy atom. The van der Waals surface area contributed by atoms with Crippen molar-refractivity contribution in [2.45, 2.75) is 69.4 Å². The second-order valence-electron chi connectivity index (χ2n) is 9.38. The number of fused-ring (bicyclic) bond motifs is 1. The number of likely N-dealkylation sites (tertiary alicyclic amines) is 1. The van der Waals surface area contributed by atoms with Gasteiger partial charge in [-0.05, 0) is 46.1 Å². The molecule has 4 rings (SSSR count). The van der Waals surface area contributed by atoms with Crippen molar-refractivity contribution < 1.29 is 18.0 Å². The van der Waals surface area contributed by atoms with Crippen molar-refractivity contribution in [2.75, 3.05) is 31.6 Å². The van der Waals surface area contributed by atoms with Gasteiger partial charge in [-0.15, -0.1) is 0 Å². The lowest BCUT2D eigenvalue weighted by Crippen LogP contribution is -2.52. The zero-order chi connectivity index (χ0) is 24.6. The number of anilines is 1. The summed E-state index contributed by atoms with van der Waals surface area (Å²) in [6.45, 7) is 4.01. The van der Waals surface area contributed by atoms with Gasteiger partial charge in [0.05, 0.1) is 17.8 Å². The van der Waals surface area contributed by atoms with Crippen molar-refractivity contribution in [1.82, 2.24) is 24.8 Å². The highest BCUT2D eigenvalue weighted by Crippen LogP contribution is 2.33. The Hall–Kier alpha value is -2.44. The van der Waals surface area contributed by atoms with Crippen LogP contribution in [0.25, 0.3) is 5.65 Å². The van der Waals surface area contributed by atoms with Gasteiger partial charge >= 0.3 is 6.18 Å². The molecular formula is C22H33F3N8O. The largest absolute Gasteiger partial charge is 0.403 e. The molecule has 12 heteroatoms. The maximum Gasteiger partial charge on any atom is 0.403 e. The Balaban J connectivity index is 1.56. The smallest absolute Gasteiger partial charge is 0.355 e. The number of piperidine rings is 1. The molecule has 2 unspecified atom stereocenters. The molecule has 188 valence electrons. The normalized spacial score (nSPS) is 23.5. The maximum atomic E-state index is 13.2. The van der Waals surface area contributed by atoms with E-state index in [2.05, 4.69) is 15.3 Å². The van der Waals surface area contributed by atoms with E-state index in [9.17, 15) is 18.0 Å². The van der Waals surface area contributed by atoms with Gasteiger partial charge in [-0.2, -0.15) is 18.3 Å². The molecule has 2 fully saturated rings. The van der Waals surface area contributed by atoms with E-state index in [1.54, 1.807) is 9.42 Å². The van der Waals surface area contributed by atoms with Gasteiger partial charge in [0.2, 0.25) is 5.91 Å². The molecule has 34 heavy (non-hydrogen) atoms. The Morgan fingerprint density at radius 3 is 2.71 bits per heavy atom. The first kappa shape index (κ1) is 24.7. The summed E-state index contributed by atoms with van der Waals surface area (Å²) in [5.41, 5.74) is 14.3. The summed E-state index contributed by atoms with van der Waals surface area (Å²) < 4.78 is 41.2. The monoisotopic (exact) mass is 482 g/mol. The van der Waals surface area contributed by atoms with E-state index in [0.29, 0.717) is 24.3 Å². The van der Waals surface area contributed by atoms with Gasteiger partial charge in [-0.25, -0.2) is 9.50 Å². The van der Waals surface area contributed by atoms with Gasteiger partial charge in [-0.3, -0.25) is 4.79 Å². The summed E-state index contributed by atoms with van der Waals surface area (Å²) in [6, 6.07) is -1.47. The minimum absolute atomic E-state index is 0.128. The van der Waals surface area contributed by atoms with Crippen molar-refractivity contribution in [3.8, 4) is 0 Å². The van der Waals surface area contributed by atoms with Gasteiger partial charge in [0, 0.05) is 43.5 Å². The Kier molecular flexibility index (Phi) is 7.02. The Labute approximate surface area is 196 Å². The average molecular weight is 483 g/mol. The molecule has 2 aromatic heterocycles. The van der Waals surface area contributed by atoms with Crippen molar-refractivity contribution in [3.05, 3.63) is 23.5 Å². The van der Waals surface area contributed by atoms with E-state index in [4.69, 9.17) is 16.5 Å². The molecular weight excluding hydrogens is 449 g/mol. The number of hydrogen-bond acceptors (Lipinski definition) is 7. The van der Waals surface area contributed by atoms with Crippen LogP contribution in [0.5, 0.6) is 0 Å². The SMILES string of the molecule is CNC(CC(N)C(=O)N1CCCC[C@H]1c1cc2nc(N3CC[C@H](N)C3)c(C)cn2n1)C(F)(F)F. The minimum atomic E-state index is -4.48. The van der Waals surface area contributed by atoms with Crippen LogP contribution in [0.15, 0.2) is 12.3 Å². The number of carbonyl (C=O) groups is 1. The summed E-state index contributed by atoms with van der Waals surface area (Å²) in [5.74, 6) is 0.387. The topological polar surface area (TPSA) is 118 Å². The molecule has 4 atom stereocenters. The second-order valence-corrected chi connectivity index (χ2v) is 9.38. The molecule has 0 radical (unpaired) electrons. The quantitative estimate of drug-likeness (QED) is 0.571. The van der Waals surface area contributed by atoms with Crippen LogP contribution in [0.1, 0.15) is 49.4 Å². The molecule has 0 aromatic carbocycles. The number of aromatic nitrogens is 3. The molecule has 0 bridgehead atoms. The molecule has 2 aliphatic rings. The molecule has 9 nitrogen and oxygen atoms in total. The first-order valence-electron chi connectivity index (χ1n) is 11.8. The van der Waals surface area contributed by atoms with E-state index >= 15 is 0 Å². The van der Waals surface area contributed by atoms with E-state index in [0.717, 1.165) is 43.7 Å². The van der Waals surface area contributed by atoms with E-state index in [-0.39, 0.29) is 12.1 Å². The van der Waals surface area contributed by atoms with Crippen LogP contribution in [-0.2, 0) is 4.79 Å². The zero-order valence-corrected chi connectivity index (χ0v) is 19.6. The second kappa shape index (κ2) is 9.67. The minimum Gasteiger partial charge on any atom is -0.355 e. The third-order valence-electron chi connectivity index (χ3n) is 6.83. The van der Waals surface area contributed by atoms with Crippen LogP contribution < -0.4 is 21.7 Å². The number of alkyl halides is 3. The van der Waals surface area contributed by atoms with E-state index < -0.39 is 30.6 Å². The number of carbonyl (C=O) groups excluding carboxylic acids is 1. The summed E-state index contributed by atoms with van der Waals surface area (Å²) >= 11 is 0. The van der Waals surface area contributed by atoms with Crippen LogP contribution in [0.4, 0.5) is 19.0 Å². The van der Waals surface area contributed by atoms with Gasteiger partial charge in [0.15, 0.2) is 5.65 Å². The predicted octanol–water partition coefficient (Wildman–Crippen LogP) is 1.50. The average Bonchev–Trinajstić information content (AvgIpc) is 3.40. The first-order chi connectivity index (χ1) is 16.1. The fourth-order valence-corrected chi connectivity index (χ4v) is 4.97. The molecule has 0 aliphatic carbocycles. The lowest BCUT2D eigenvalue weighted by Gasteiger charge is -2.37. The van der Waals surface area contributed by atoms with Gasteiger partial charge in [-0.1, -0.05) is 0 Å². The molecule has 2 aromatic rings. The fraction of sp³-hybridized carbons (Fsp3) is 0.682. The summed E-state index contributed by atoms with van der Waals surface area (Å²) in [7, 11) is 1.22. The van der Waals surface area contributed by atoms with Crippen LogP contribution in [0.2, 0.25) is 0 Å². The van der Waals surface area contributed by atoms with Gasteiger partial charge < -0.3 is 26.6 Å². The van der Waals surface area contributed by atoms with Gasteiger partial charge in [0.1, 0.15) is 11.9 Å². The fourth-order valence-electron chi connectivity index (χ4n) is 4.97. The standard InChI is InChI=1S/C22H33F3N8O/c1-13-11-33-19(29-20(13)31-8-6-14(26)12-31)10-16(30-33)17-5-3-4-7-32(17)21(34)15(27)9-18(28-2)22(23,24)25/h10-11,14-15,17-18,28H,3-9,12,26-27H2,1-2H3/t14-,15?,17-,18?/m0/s1. The van der Waals surface area contributed by atoms with E-state index in [1.807, 2.05) is 19.2 Å². The molecule has 1 amide bonds. The third kappa shape index (κ3) is 4.98. The number of nitrogens with two attached hydrogens (primary N) is 2. The van der Waals surface area contributed by atoms with E-state index in [1.165, 1.54) is 7.05 Å². The highest BCUT2D eigenvalue weighted by atomic mass is 19.4. The number of amides is 1. The highest BCUT2D eigenvalue weighted by molar-refractivity contribution is 5.82. The number of halogens is 3. The number of rotatable bonds is 6. The molecule has 2 aliphatic heterocycles. The number of nitrogens with one attached hydrogen (secondary N) is 1. The molecule has 2 saturated heterocycles. The van der Waals surface area contributed by atoms with Crippen molar-refractivity contribution in [2.24, 2.45) is 11.5 Å². The number of nitrogens with zero attached hydrogens (tertiary/aromatic N) is 5. The van der Waals surface area contributed by atoms with Crippen LogP contribution >= 0.6 is 0 Å². The molecule has 4 heterocycles. The summed E-state index contributed by atoms with van der Waals surface area (Å²) in [5, 5.41) is 6.89. The van der Waals surface area contributed by atoms with Crippen LogP contribution in [-0.4, -0.2) is 76.4 Å². The zero-order valence-electron chi connectivity index (χ0n) is 19.6. The molecule has 5 N–H and O–H groups in total. The Bertz CT molecular complexity index is 1030. The van der Waals surface area contributed by atoms with Crippen molar-refractivity contribution in [1.29, 1.82) is 0 Å². The Morgan fingerprint density at radius 1 is 1.29 bits per heavy atom. The highest BCUT2D eigenvalue weighted by Gasteiger charge is 2.42.